The van der Waals surface area contributed by atoms with Gasteiger partial charge in [0.25, 0.3) is 0 Å². The fourth-order valence-corrected chi connectivity index (χ4v) is 3.60. The van der Waals surface area contributed by atoms with Crippen molar-refractivity contribution in [2.24, 2.45) is 0 Å². The van der Waals surface area contributed by atoms with Crippen LogP contribution in [0, 0.1) is 0 Å². The highest BCUT2D eigenvalue weighted by Crippen LogP contribution is 2.25. The summed E-state index contributed by atoms with van der Waals surface area (Å²) in [6, 6.07) is 3.99. The van der Waals surface area contributed by atoms with Gasteiger partial charge in [0.05, 0.1) is 12.3 Å². The van der Waals surface area contributed by atoms with Gasteiger partial charge >= 0.3 is 0 Å². The Balaban J connectivity index is 1.68. The molecule has 0 fully saturated rings. The molecule has 108 valence electrons. The van der Waals surface area contributed by atoms with E-state index in [2.05, 4.69) is 27.8 Å². The van der Waals surface area contributed by atoms with Crippen LogP contribution in [0.25, 0.3) is 0 Å². The number of hydrogen-bond acceptors (Lipinski definition) is 7. The molecule has 0 atom stereocenters. The predicted octanol–water partition coefficient (Wildman–Crippen LogP) is 2.83. The van der Waals surface area contributed by atoms with Crippen LogP contribution in [0.4, 0.5) is 5.13 Å². The lowest BCUT2D eigenvalue weighted by Gasteiger charge is -2.01. The number of carbonyl (C=O) groups excluding carboxylic acids is 1. The molecule has 1 amide bonds. The van der Waals surface area contributed by atoms with Gasteiger partial charge in [-0.3, -0.25) is 4.79 Å². The van der Waals surface area contributed by atoms with E-state index >= 15 is 0 Å². The highest BCUT2D eigenvalue weighted by molar-refractivity contribution is 8.01. The molecule has 0 aliphatic carbocycles. The molecule has 2 heterocycles. The largest absolute Gasteiger partial charge is 0.360 e. The van der Waals surface area contributed by atoms with Gasteiger partial charge in [0, 0.05) is 11.4 Å². The number of thiophene rings is 1. The lowest BCUT2D eigenvalue weighted by molar-refractivity contribution is -0.118. The maximum absolute atomic E-state index is 11.7. The monoisotopic (exact) mass is 328 g/mol. The molecule has 0 saturated heterocycles. The molecule has 2 N–H and O–H groups in total. The highest BCUT2D eigenvalue weighted by atomic mass is 32.2. The van der Waals surface area contributed by atoms with Gasteiger partial charge in [-0.25, -0.2) is 0 Å². The zero-order valence-electron chi connectivity index (χ0n) is 11.1. The van der Waals surface area contributed by atoms with Gasteiger partial charge in [-0.1, -0.05) is 36.1 Å². The van der Waals surface area contributed by atoms with Crippen molar-refractivity contribution >= 4 is 45.5 Å². The molecule has 5 nitrogen and oxygen atoms in total. The van der Waals surface area contributed by atoms with E-state index in [0.717, 1.165) is 27.3 Å². The summed E-state index contributed by atoms with van der Waals surface area (Å²) in [7, 11) is 0. The first kappa shape index (κ1) is 15.3. The number of nitrogens with zero attached hydrogens (tertiary/aromatic N) is 2. The van der Waals surface area contributed by atoms with E-state index in [1.54, 1.807) is 11.3 Å². The van der Waals surface area contributed by atoms with Gasteiger partial charge < -0.3 is 10.6 Å². The first-order chi connectivity index (χ1) is 9.78. The Morgan fingerprint density at radius 3 is 3.10 bits per heavy atom. The Morgan fingerprint density at radius 1 is 1.45 bits per heavy atom. The first-order valence-electron chi connectivity index (χ1n) is 6.27. The number of hydrogen-bond donors (Lipinski definition) is 2. The van der Waals surface area contributed by atoms with Crippen LogP contribution in [0.1, 0.15) is 18.2 Å². The second-order valence-corrected chi connectivity index (χ2v) is 7.18. The number of rotatable bonds is 8. The Morgan fingerprint density at radius 2 is 2.35 bits per heavy atom. The number of thioether (sulfide) groups is 1. The molecule has 0 spiro atoms. The van der Waals surface area contributed by atoms with Crippen LogP contribution in [-0.2, 0) is 11.3 Å². The fraction of sp³-hybridized carbons (Fsp3) is 0.417. The molecule has 0 bridgehead atoms. The molecular formula is C12H16N4OS3. The second-order valence-electron chi connectivity index (χ2n) is 3.94. The molecule has 0 aromatic carbocycles. The molecule has 2 aromatic rings. The third-order valence-electron chi connectivity index (χ3n) is 2.30. The number of anilines is 1. The van der Waals surface area contributed by atoms with Crippen LogP contribution >= 0.6 is 34.4 Å². The van der Waals surface area contributed by atoms with Crippen LogP contribution in [0.2, 0.25) is 0 Å². The molecule has 2 rings (SSSR count). The molecular weight excluding hydrogens is 312 g/mol. The average Bonchev–Trinajstić information content (AvgIpc) is 3.12. The molecule has 0 saturated carbocycles. The minimum Gasteiger partial charge on any atom is -0.360 e. The third-order valence-corrected chi connectivity index (χ3v) is 5.19. The van der Waals surface area contributed by atoms with E-state index in [1.165, 1.54) is 23.1 Å². The normalized spacial score (nSPS) is 10.4. The minimum atomic E-state index is 0.0154. The van der Waals surface area contributed by atoms with Crippen molar-refractivity contribution in [1.29, 1.82) is 0 Å². The third kappa shape index (κ3) is 5.10. The minimum absolute atomic E-state index is 0.0154. The molecule has 0 aliphatic heterocycles. The van der Waals surface area contributed by atoms with Crippen LogP contribution in [0.3, 0.4) is 0 Å². The van der Waals surface area contributed by atoms with E-state index < -0.39 is 0 Å². The predicted molar refractivity (Wildman–Crippen MR) is 85.6 cm³/mol. The van der Waals surface area contributed by atoms with E-state index in [0.29, 0.717) is 12.3 Å². The van der Waals surface area contributed by atoms with E-state index in [4.69, 9.17) is 0 Å². The smallest absolute Gasteiger partial charge is 0.230 e. The van der Waals surface area contributed by atoms with Crippen LogP contribution in [-0.4, -0.2) is 28.4 Å². The molecule has 0 aliphatic rings. The first-order valence-corrected chi connectivity index (χ1v) is 8.95. The van der Waals surface area contributed by atoms with Crippen molar-refractivity contribution in [3.63, 3.8) is 0 Å². The Labute approximate surface area is 130 Å². The number of carbonyl (C=O) groups is 1. The molecule has 0 unspecified atom stereocenters. The van der Waals surface area contributed by atoms with Crippen molar-refractivity contribution in [3.05, 3.63) is 22.4 Å². The summed E-state index contributed by atoms with van der Waals surface area (Å²) in [4.78, 5) is 12.9. The quantitative estimate of drug-likeness (QED) is 0.729. The summed E-state index contributed by atoms with van der Waals surface area (Å²) in [6.07, 6.45) is 1.05. The van der Waals surface area contributed by atoms with Gasteiger partial charge in [0.15, 0.2) is 4.34 Å². The summed E-state index contributed by atoms with van der Waals surface area (Å²) in [5.41, 5.74) is 0. The summed E-state index contributed by atoms with van der Waals surface area (Å²) >= 11 is 4.54. The van der Waals surface area contributed by atoms with E-state index in [-0.39, 0.29) is 5.91 Å². The van der Waals surface area contributed by atoms with E-state index in [1.807, 2.05) is 17.5 Å². The molecule has 0 radical (unpaired) electrons. The molecule has 8 heteroatoms. The van der Waals surface area contributed by atoms with Crippen molar-refractivity contribution in [2.75, 3.05) is 17.6 Å². The van der Waals surface area contributed by atoms with Crippen molar-refractivity contribution in [1.82, 2.24) is 15.5 Å². The maximum atomic E-state index is 11.7. The standard InChI is InChI=1S/C12H16N4OS3/c1-2-5-13-11-15-16-12(20-11)19-8-10(17)14-7-9-4-3-6-18-9/h3-4,6H,2,5,7-8H2,1H3,(H,13,15)(H,14,17). The lowest BCUT2D eigenvalue weighted by Crippen LogP contribution is -2.24. The summed E-state index contributed by atoms with van der Waals surface area (Å²) in [6.45, 7) is 3.58. The van der Waals surface area contributed by atoms with Crippen molar-refractivity contribution < 1.29 is 4.79 Å². The summed E-state index contributed by atoms with van der Waals surface area (Å²) in [5.74, 6) is 0.384. The summed E-state index contributed by atoms with van der Waals surface area (Å²) < 4.78 is 0.815. The Hall–Kier alpha value is -1.12. The number of amides is 1. The van der Waals surface area contributed by atoms with Gasteiger partial charge in [0.1, 0.15) is 0 Å². The van der Waals surface area contributed by atoms with Crippen LogP contribution in [0.5, 0.6) is 0 Å². The van der Waals surface area contributed by atoms with E-state index in [9.17, 15) is 4.79 Å². The zero-order chi connectivity index (χ0) is 14.2. The van der Waals surface area contributed by atoms with Crippen LogP contribution < -0.4 is 10.6 Å². The average molecular weight is 328 g/mol. The topological polar surface area (TPSA) is 66.9 Å². The van der Waals surface area contributed by atoms with Crippen LogP contribution in [0.15, 0.2) is 21.9 Å². The molecule has 2 aromatic heterocycles. The summed E-state index contributed by atoms with van der Waals surface area (Å²) in [5, 5.41) is 16.9. The van der Waals surface area contributed by atoms with Gasteiger partial charge in [0.2, 0.25) is 11.0 Å². The lowest BCUT2D eigenvalue weighted by atomic mass is 10.4. The van der Waals surface area contributed by atoms with Gasteiger partial charge in [-0.2, -0.15) is 0 Å². The number of aromatic nitrogens is 2. The Kier molecular flexibility index (Phi) is 6.28. The SMILES string of the molecule is CCCNc1nnc(SCC(=O)NCc2cccs2)s1. The van der Waals surface area contributed by atoms with Crippen molar-refractivity contribution in [3.8, 4) is 0 Å². The van der Waals surface area contributed by atoms with Gasteiger partial charge in [-0.15, -0.1) is 21.5 Å². The second kappa shape index (κ2) is 8.23. The maximum Gasteiger partial charge on any atom is 0.230 e. The number of nitrogens with one attached hydrogen (secondary N) is 2. The zero-order valence-corrected chi connectivity index (χ0v) is 13.5. The highest BCUT2D eigenvalue weighted by Gasteiger charge is 2.07. The van der Waals surface area contributed by atoms with Gasteiger partial charge in [-0.05, 0) is 17.9 Å². The van der Waals surface area contributed by atoms with Crippen molar-refractivity contribution in [2.45, 2.75) is 24.2 Å². The Bertz CT molecular complexity index is 527. The fourth-order valence-electron chi connectivity index (χ4n) is 1.35. The molecule has 20 heavy (non-hydrogen) atoms.